The number of alkyl halides is 1. The Labute approximate surface area is 162 Å². The number of carbonyl (C=O) groups excluding carboxylic acids is 1. The van der Waals surface area contributed by atoms with Crippen LogP contribution in [0.15, 0.2) is 35.7 Å². The van der Waals surface area contributed by atoms with Gasteiger partial charge in [-0.15, -0.1) is 22.9 Å². The number of esters is 1. The van der Waals surface area contributed by atoms with E-state index in [0.717, 1.165) is 48.4 Å². The fraction of sp³-hybridized carbons (Fsp3) is 0.524. The third kappa shape index (κ3) is 2.87. The second-order valence-corrected chi connectivity index (χ2v) is 10.1. The van der Waals surface area contributed by atoms with Gasteiger partial charge >= 0.3 is 5.97 Å². The van der Waals surface area contributed by atoms with E-state index in [1.807, 2.05) is 35.7 Å². The van der Waals surface area contributed by atoms with Crippen LogP contribution < -0.4 is 0 Å². The van der Waals surface area contributed by atoms with Gasteiger partial charge in [-0.1, -0.05) is 30.3 Å². The maximum atomic E-state index is 13.0. The van der Waals surface area contributed by atoms with Gasteiger partial charge in [0, 0.05) is 15.8 Å². The maximum Gasteiger partial charge on any atom is 0.312 e. The number of hydrogen-bond acceptors (Lipinski definition) is 4. The van der Waals surface area contributed by atoms with E-state index in [0.29, 0.717) is 11.8 Å². The summed E-state index contributed by atoms with van der Waals surface area (Å²) in [4.78, 5) is 17.4. The second kappa shape index (κ2) is 6.07. The molecule has 2 unspecified atom stereocenters. The van der Waals surface area contributed by atoms with E-state index in [2.05, 4.69) is 4.98 Å². The lowest BCUT2D eigenvalue weighted by molar-refractivity contribution is -0.171. The molecular weight excluding hydrogens is 366 g/mol. The topological polar surface area (TPSA) is 39.2 Å². The van der Waals surface area contributed by atoms with Crippen molar-refractivity contribution in [3.63, 3.8) is 0 Å². The fourth-order valence-corrected chi connectivity index (χ4v) is 7.27. The van der Waals surface area contributed by atoms with E-state index in [1.165, 1.54) is 6.42 Å². The van der Waals surface area contributed by atoms with E-state index in [-0.39, 0.29) is 22.9 Å². The Morgan fingerprint density at radius 2 is 1.92 bits per heavy atom. The normalized spacial score (nSPS) is 34.8. The Balaban J connectivity index is 1.28. The van der Waals surface area contributed by atoms with E-state index in [1.54, 1.807) is 11.3 Å². The minimum absolute atomic E-state index is 0.0501. The lowest BCUT2D eigenvalue weighted by atomic mass is 9.49. The number of thiazole rings is 1. The van der Waals surface area contributed by atoms with Gasteiger partial charge in [0.25, 0.3) is 0 Å². The summed E-state index contributed by atoms with van der Waals surface area (Å²) in [6.07, 6.45) is 6.11. The molecule has 3 nitrogen and oxygen atoms in total. The molecule has 4 aliphatic carbocycles. The molecule has 2 atom stereocenters. The predicted molar refractivity (Wildman–Crippen MR) is 103 cm³/mol. The third-order valence-corrected chi connectivity index (χ3v) is 7.73. The summed E-state index contributed by atoms with van der Waals surface area (Å²) in [5.74, 6) is 1.15. The molecule has 4 aliphatic rings. The molecule has 0 saturated heterocycles. The van der Waals surface area contributed by atoms with Gasteiger partial charge in [-0.3, -0.25) is 4.79 Å². The van der Waals surface area contributed by atoms with Crippen LogP contribution in [0, 0.1) is 17.3 Å². The number of aromatic nitrogens is 1. The molecule has 5 heteroatoms. The summed E-state index contributed by atoms with van der Waals surface area (Å²) in [6, 6.07) is 10.1. The Hall–Kier alpha value is -1.39. The fourth-order valence-electron chi connectivity index (χ4n) is 5.77. The Kier molecular flexibility index (Phi) is 3.91. The first kappa shape index (κ1) is 16.8. The number of carbonyl (C=O) groups is 1. The van der Waals surface area contributed by atoms with Gasteiger partial charge in [-0.2, -0.15) is 0 Å². The Morgan fingerprint density at radius 3 is 2.62 bits per heavy atom. The van der Waals surface area contributed by atoms with Crippen molar-refractivity contribution in [1.82, 2.24) is 4.98 Å². The summed E-state index contributed by atoms with van der Waals surface area (Å²) in [5, 5.41) is 2.95. The van der Waals surface area contributed by atoms with Crippen LogP contribution in [0.4, 0.5) is 0 Å². The Bertz CT molecular complexity index is 820. The number of ether oxygens (including phenoxy) is 1. The van der Waals surface area contributed by atoms with Crippen molar-refractivity contribution in [2.24, 2.45) is 17.3 Å². The minimum Gasteiger partial charge on any atom is -0.459 e. The molecule has 0 radical (unpaired) electrons. The number of halogens is 1. The molecule has 1 aromatic carbocycles. The summed E-state index contributed by atoms with van der Waals surface area (Å²) < 4.78 is 5.75. The lowest BCUT2D eigenvalue weighted by Gasteiger charge is -2.58. The zero-order chi connectivity index (χ0) is 17.8. The molecular formula is C21H22ClNO2S. The van der Waals surface area contributed by atoms with Gasteiger partial charge in [-0.05, 0) is 50.4 Å². The minimum atomic E-state index is -0.343. The molecule has 0 spiro atoms. The highest BCUT2D eigenvalue weighted by molar-refractivity contribution is 7.13. The van der Waals surface area contributed by atoms with E-state index in [9.17, 15) is 4.79 Å². The average Bonchev–Trinajstić information content (AvgIpc) is 3.07. The van der Waals surface area contributed by atoms with E-state index in [4.69, 9.17) is 16.3 Å². The summed E-state index contributed by atoms with van der Waals surface area (Å²) in [6.45, 7) is 0.258. The first-order chi connectivity index (χ1) is 12.5. The summed E-state index contributed by atoms with van der Waals surface area (Å²) in [7, 11) is 0. The molecule has 0 amide bonds. The zero-order valence-electron chi connectivity index (χ0n) is 14.6. The molecule has 6 rings (SSSR count). The highest BCUT2D eigenvalue weighted by atomic mass is 35.5. The van der Waals surface area contributed by atoms with Gasteiger partial charge in [0.2, 0.25) is 0 Å². The second-order valence-electron chi connectivity index (χ2n) is 8.48. The molecule has 1 heterocycles. The Morgan fingerprint density at radius 1 is 1.19 bits per heavy atom. The predicted octanol–water partition coefficient (Wildman–Crippen LogP) is 5.43. The monoisotopic (exact) mass is 387 g/mol. The van der Waals surface area contributed by atoms with Crippen LogP contribution >= 0.6 is 22.9 Å². The smallest absolute Gasteiger partial charge is 0.312 e. The molecule has 0 aliphatic heterocycles. The van der Waals surface area contributed by atoms with Crippen LogP contribution in [-0.2, 0) is 16.1 Å². The van der Waals surface area contributed by atoms with Crippen LogP contribution in [0.5, 0.6) is 0 Å². The van der Waals surface area contributed by atoms with Crippen molar-refractivity contribution in [3.8, 4) is 10.6 Å². The SMILES string of the molecule is O=C(OCc1csc(-c2ccccc2)n1)C12CC3CC(CC(Cl)(C3)C1)C2. The summed E-state index contributed by atoms with van der Waals surface area (Å²) >= 11 is 8.42. The van der Waals surface area contributed by atoms with Crippen LogP contribution in [0.2, 0.25) is 0 Å². The summed E-state index contributed by atoms with van der Waals surface area (Å²) in [5.41, 5.74) is 1.58. The number of hydrogen-bond donors (Lipinski definition) is 0. The highest BCUT2D eigenvalue weighted by Crippen LogP contribution is 2.64. The van der Waals surface area contributed by atoms with Crippen LogP contribution in [0.3, 0.4) is 0 Å². The van der Waals surface area contributed by atoms with Crippen molar-refractivity contribution in [2.75, 3.05) is 0 Å². The van der Waals surface area contributed by atoms with Crippen LogP contribution in [0.1, 0.15) is 44.2 Å². The first-order valence-electron chi connectivity index (χ1n) is 9.40. The first-order valence-corrected chi connectivity index (χ1v) is 10.7. The number of nitrogens with zero attached hydrogens (tertiary/aromatic N) is 1. The maximum absolute atomic E-state index is 13.0. The molecule has 26 heavy (non-hydrogen) atoms. The van der Waals surface area contributed by atoms with Gasteiger partial charge in [0.05, 0.1) is 11.1 Å². The van der Waals surface area contributed by atoms with E-state index < -0.39 is 0 Å². The largest absolute Gasteiger partial charge is 0.459 e. The molecule has 136 valence electrons. The van der Waals surface area contributed by atoms with Gasteiger partial charge in [0.1, 0.15) is 11.6 Å². The molecule has 4 saturated carbocycles. The standard InChI is InChI=1S/C21H22ClNO2S/c22-21-9-14-6-15(10-21)8-20(7-14,13-21)19(24)25-11-17-12-26-18(23-17)16-4-2-1-3-5-16/h1-5,12,14-15H,6-11,13H2. The van der Waals surface area contributed by atoms with Crippen molar-refractivity contribution in [2.45, 2.75) is 50.0 Å². The molecule has 4 bridgehead atoms. The molecule has 0 N–H and O–H groups in total. The van der Waals surface area contributed by atoms with Crippen molar-refractivity contribution < 1.29 is 9.53 Å². The highest BCUT2D eigenvalue weighted by Gasteiger charge is 2.60. The average molecular weight is 388 g/mol. The third-order valence-electron chi connectivity index (χ3n) is 6.35. The van der Waals surface area contributed by atoms with Crippen LogP contribution in [-0.4, -0.2) is 15.8 Å². The molecule has 4 fully saturated rings. The van der Waals surface area contributed by atoms with Crippen molar-refractivity contribution >= 4 is 28.9 Å². The van der Waals surface area contributed by atoms with E-state index >= 15 is 0 Å². The van der Waals surface area contributed by atoms with Gasteiger partial charge in [-0.25, -0.2) is 4.98 Å². The molecule has 1 aromatic heterocycles. The van der Waals surface area contributed by atoms with Crippen LogP contribution in [0.25, 0.3) is 10.6 Å². The van der Waals surface area contributed by atoms with Gasteiger partial charge in [0.15, 0.2) is 0 Å². The lowest BCUT2D eigenvalue weighted by Crippen LogP contribution is -2.56. The van der Waals surface area contributed by atoms with Crippen molar-refractivity contribution in [1.29, 1.82) is 0 Å². The zero-order valence-corrected chi connectivity index (χ0v) is 16.2. The number of rotatable bonds is 4. The number of benzene rings is 1. The van der Waals surface area contributed by atoms with Crippen molar-refractivity contribution in [3.05, 3.63) is 41.4 Å². The quantitative estimate of drug-likeness (QED) is 0.518. The van der Waals surface area contributed by atoms with Gasteiger partial charge < -0.3 is 4.74 Å². The molecule has 2 aromatic rings.